The number of ether oxygens (including phenoxy) is 3. The number of nitrogens with one attached hydrogen (secondary N) is 2. The van der Waals surface area contributed by atoms with Gasteiger partial charge in [-0.25, -0.2) is 10.2 Å². The lowest BCUT2D eigenvalue weighted by molar-refractivity contribution is -0.143. The zero-order chi connectivity index (χ0) is 26.0. The average Bonchev–Trinajstić information content (AvgIpc) is 2.82. The van der Waals surface area contributed by atoms with Crippen molar-refractivity contribution >= 4 is 51.5 Å². The molecule has 35 heavy (non-hydrogen) atoms. The SMILES string of the molecule is CCOc1cc(C=NNC(=O)C(NC(=O)c2ccc(Cl)cc2)C(C)C)cc(Br)c1OCC(=O)OC. The lowest BCUT2D eigenvalue weighted by atomic mass is 10.0. The number of carbonyl (C=O) groups excluding carboxylic acids is 3. The summed E-state index contributed by atoms with van der Waals surface area (Å²) in [6.45, 7) is 5.52. The van der Waals surface area contributed by atoms with Gasteiger partial charge in [0.1, 0.15) is 6.04 Å². The molecule has 1 unspecified atom stereocenters. The van der Waals surface area contributed by atoms with Crippen LogP contribution < -0.4 is 20.2 Å². The number of rotatable bonds is 11. The molecular weight excluding hydrogens is 542 g/mol. The molecule has 188 valence electrons. The van der Waals surface area contributed by atoms with Gasteiger partial charge in [-0.1, -0.05) is 25.4 Å². The Balaban J connectivity index is 2.10. The van der Waals surface area contributed by atoms with Gasteiger partial charge in [0.25, 0.3) is 11.8 Å². The number of amides is 2. The van der Waals surface area contributed by atoms with E-state index in [9.17, 15) is 14.4 Å². The Morgan fingerprint density at radius 2 is 1.83 bits per heavy atom. The van der Waals surface area contributed by atoms with Gasteiger partial charge >= 0.3 is 5.97 Å². The Kier molecular flexibility index (Phi) is 11.0. The van der Waals surface area contributed by atoms with E-state index in [1.165, 1.54) is 13.3 Å². The second-order valence-electron chi connectivity index (χ2n) is 7.56. The van der Waals surface area contributed by atoms with Crippen molar-refractivity contribution < 1.29 is 28.6 Å². The molecule has 0 aliphatic rings. The molecule has 0 bridgehead atoms. The molecule has 0 saturated carbocycles. The summed E-state index contributed by atoms with van der Waals surface area (Å²) >= 11 is 9.26. The molecule has 0 aliphatic carbocycles. The van der Waals surface area contributed by atoms with E-state index in [4.69, 9.17) is 21.1 Å². The van der Waals surface area contributed by atoms with Crippen LogP contribution in [0.3, 0.4) is 0 Å². The molecule has 9 nitrogen and oxygen atoms in total. The fourth-order valence-corrected chi connectivity index (χ4v) is 3.56. The van der Waals surface area contributed by atoms with Crippen molar-refractivity contribution in [3.8, 4) is 11.5 Å². The molecule has 2 aromatic carbocycles. The normalized spacial score (nSPS) is 11.7. The molecule has 0 saturated heterocycles. The minimum absolute atomic E-state index is 0.189. The van der Waals surface area contributed by atoms with Gasteiger partial charge in [0.05, 0.1) is 24.4 Å². The third kappa shape index (κ3) is 8.56. The summed E-state index contributed by atoms with van der Waals surface area (Å²) in [6, 6.07) is 8.90. The third-order valence-electron chi connectivity index (χ3n) is 4.62. The molecule has 2 N–H and O–H groups in total. The highest BCUT2D eigenvalue weighted by atomic mass is 79.9. The van der Waals surface area contributed by atoms with Crippen LogP contribution in [0.5, 0.6) is 11.5 Å². The number of hydrogen-bond donors (Lipinski definition) is 2. The van der Waals surface area contributed by atoms with E-state index < -0.39 is 23.8 Å². The number of benzene rings is 2. The van der Waals surface area contributed by atoms with Crippen molar-refractivity contribution in [2.45, 2.75) is 26.8 Å². The molecule has 2 amide bonds. The highest BCUT2D eigenvalue weighted by Crippen LogP contribution is 2.36. The number of hydrazone groups is 1. The quantitative estimate of drug-likeness (QED) is 0.241. The molecule has 0 radical (unpaired) electrons. The maximum absolute atomic E-state index is 12.7. The molecule has 11 heteroatoms. The van der Waals surface area contributed by atoms with E-state index in [1.807, 2.05) is 20.8 Å². The van der Waals surface area contributed by atoms with Gasteiger partial charge in [-0.15, -0.1) is 0 Å². The van der Waals surface area contributed by atoms with Crippen molar-refractivity contribution in [1.82, 2.24) is 10.7 Å². The molecule has 0 aromatic heterocycles. The number of hydrogen-bond acceptors (Lipinski definition) is 7. The van der Waals surface area contributed by atoms with Gasteiger partial charge in [-0.05, 0) is 70.7 Å². The van der Waals surface area contributed by atoms with Gasteiger partial charge < -0.3 is 19.5 Å². The molecule has 0 spiro atoms. The number of carbonyl (C=O) groups is 3. The molecule has 0 fully saturated rings. The van der Waals surface area contributed by atoms with Gasteiger partial charge in [-0.2, -0.15) is 5.10 Å². The fourth-order valence-electron chi connectivity index (χ4n) is 2.86. The summed E-state index contributed by atoms with van der Waals surface area (Å²) in [7, 11) is 1.27. The molecule has 0 aliphatic heterocycles. The predicted octanol–water partition coefficient (Wildman–Crippen LogP) is 3.96. The monoisotopic (exact) mass is 567 g/mol. The molecule has 1 atom stereocenters. The maximum atomic E-state index is 12.7. The molecule has 2 rings (SSSR count). The van der Waals surface area contributed by atoms with Crippen LogP contribution in [0.4, 0.5) is 0 Å². The minimum Gasteiger partial charge on any atom is -0.490 e. The van der Waals surface area contributed by atoms with Crippen LogP contribution in [0.1, 0.15) is 36.7 Å². The van der Waals surface area contributed by atoms with E-state index in [2.05, 4.69) is 36.5 Å². The summed E-state index contributed by atoms with van der Waals surface area (Å²) in [5.74, 6) is -0.868. The smallest absolute Gasteiger partial charge is 0.343 e. The van der Waals surface area contributed by atoms with Gasteiger partial charge in [0.15, 0.2) is 18.1 Å². The first kappa shape index (κ1) is 28.1. The Morgan fingerprint density at radius 1 is 1.14 bits per heavy atom. The van der Waals surface area contributed by atoms with Crippen LogP contribution in [0.2, 0.25) is 5.02 Å². The van der Waals surface area contributed by atoms with Crippen LogP contribution >= 0.6 is 27.5 Å². The molecular formula is C24H27BrClN3O6. The number of nitrogens with zero attached hydrogens (tertiary/aromatic N) is 1. The number of halogens is 2. The zero-order valence-corrected chi connectivity index (χ0v) is 22.1. The van der Waals surface area contributed by atoms with Crippen molar-refractivity contribution in [2.75, 3.05) is 20.3 Å². The average molecular weight is 569 g/mol. The standard InChI is InChI=1S/C24H27BrClN3O6/c1-5-34-19-11-15(10-18(25)22(19)35-13-20(30)33-4)12-27-29-24(32)21(14(2)3)28-23(31)16-6-8-17(26)9-7-16/h6-12,14,21H,5,13H2,1-4H3,(H,28,31)(H,29,32). The first-order chi connectivity index (χ1) is 16.7. The lowest BCUT2D eigenvalue weighted by Gasteiger charge is -2.20. The number of esters is 1. The van der Waals surface area contributed by atoms with Gasteiger partial charge in [0, 0.05) is 10.6 Å². The summed E-state index contributed by atoms with van der Waals surface area (Å²) in [5, 5.41) is 7.24. The van der Waals surface area contributed by atoms with Crippen LogP contribution in [0.15, 0.2) is 46.0 Å². The van der Waals surface area contributed by atoms with Crippen LogP contribution in [-0.4, -0.2) is 50.4 Å². The Labute approximate surface area is 217 Å². The van der Waals surface area contributed by atoms with Crippen molar-refractivity contribution in [1.29, 1.82) is 0 Å². The van der Waals surface area contributed by atoms with E-state index >= 15 is 0 Å². The summed E-state index contributed by atoms with van der Waals surface area (Å²) in [6.07, 6.45) is 1.42. The summed E-state index contributed by atoms with van der Waals surface area (Å²) in [5.41, 5.74) is 3.44. The van der Waals surface area contributed by atoms with E-state index in [0.717, 1.165) is 0 Å². The zero-order valence-electron chi connectivity index (χ0n) is 19.8. The second kappa shape index (κ2) is 13.7. The third-order valence-corrected chi connectivity index (χ3v) is 5.47. The van der Waals surface area contributed by atoms with Crippen LogP contribution in [-0.2, 0) is 14.3 Å². The Morgan fingerprint density at radius 3 is 2.43 bits per heavy atom. The predicted molar refractivity (Wildman–Crippen MR) is 136 cm³/mol. The summed E-state index contributed by atoms with van der Waals surface area (Å²) < 4.78 is 16.2. The highest BCUT2D eigenvalue weighted by Gasteiger charge is 2.24. The van der Waals surface area contributed by atoms with Crippen molar-refractivity contribution in [2.24, 2.45) is 11.0 Å². The molecule has 2 aromatic rings. The fraction of sp³-hybridized carbons (Fsp3) is 0.333. The van der Waals surface area contributed by atoms with Crippen molar-refractivity contribution in [3.63, 3.8) is 0 Å². The lowest BCUT2D eigenvalue weighted by Crippen LogP contribution is -2.48. The maximum Gasteiger partial charge on any atom is 0.343 e. The summed E-state index contributed by atoms with van der Waals surface area (Å²) in [4.78, 5) is 36.6. The van der Waals surface area contributed by atoms with E-state index in [0.29, 0.717) is 38.7 Å². The van der Waals surface area contributed by atoms with Crippen LogP contribution in [0, 0.1) is 5.92 Å². The number of methoxy groups -OCH3 is 1. The first-order valence-corrected chi connectivity index (χ1v) is 11.9. The van der Waals surface area contributed by atoms with Crippen LogP contribution in [0.25, 0.3) is 0 Å². The Bertz CT molecular complexity index is 1080. The van der Waals surface area contributed by atoms with Gasteiger partial charge in [0.2, 0.25) is 0 Å². The van der Waals surface area contributed by atoms with Crippen molar-refractivity contribution in [3.05, 3.63) is 57.0 Å². The largest absolute Gasteiger partial charge is 0.490 e. The van der Waals surface area contributed by atoms with E-state index in [1.54, 1.807) is 36.4 Å². The molecule has 0 heterocycles. The van der Waals surface area contributed by atoms with E-state index in [-0.39, 0.29) is 12.5 Å². The second-order valence-corrected chi connectivity index (χ2v) is 8.85. The Hall–Kier alpha value is -3.11. The topological polar surface area (TPSA) is 115 Å². The first-order valence-electron chi connectivity index (χ1n) is 10.7. The minimum atomic E-state index is -0.810. The highest BCUT2D eigenvalue weighted by molar-refractivity contribution is 9.10. The van der Waals surface area contributed by atoms with Gasteiger partial charge in [-0.3, -0.25) is 9.59 Å².